The van der Waals surface area contributed by atoms with Crippen molar-refractivity contribution in [3.8, 4) is 11.6 Å². The highest BCUT2D eigenvalue weighted by Gasteiger charge is 2.28. The fourth-order valence-corrected chi connectivity index (χ4v) is 2.47. The summed E-state index contributed by atoms with van der Waals surface area (Å²) < 4.78 is 18.5. The maximum atomic E-state index is 12.9. The molecule has 6 heteroatoms. The van der Waals surface area contributed by atoms with Crippen LogP contribution >= 0.6 is 0 Å². The number of hydrogen-bond donors (Lipinski definition) is 2. The molecule has 1 aromatic carbocycles. The number of rotatable bonds is 6. The van der Waals surface area contributed by atoms with E-state index in [1.165, 1.54) is 12.1 Å². The monoisotopic (exact) mass is 329 g/mol. The molecule has 24 heavy (non-hydrogen) atoms. The van der Waals surface area contributed by atoms with Crippen LogP contribution in [0, 0.1) is 17.7 Å². The lowest BCUT2D eigenvalue weighted by Gasteiger charge is -2.31. The summed E-state index contributed by atoms with van der Waals surface area (Å²) in [6.07, 6.45) is 1.62. The summed E-state index contributed by atoms with van der Waals surface area (Å²) in [5.74, 6) is 1.07. The molecule has 0 spiro atoms. The summed E-state index contributed by atoms with van der Waals surface area (Å²) in [4.78, 5) is 16.3. The lowest BCUT2D eigenvalue weighted by atomic mass is 9.88. The summed E-state index contributed by atoms with van der Waals surface area (Å²) in [6.45, 7) is 4.18. The Bertz CT molecular complexity index is 702. The number of pyridine rings is 1. The Kier molecular flexibility index (Phi) is 5.05. The van der Waals surface area contributed by atoms with Gasteiger partial charge in [-0.25, -0.2) is 9.37 Å². The van der Waals surface area contributed by atoms with Crippen molar-refractivity contribution < 1.29 is 13.9 Å². The molecule has 0 bridgehead atoms. The van der Waals surface area contributed by atoms with Gasteiger partial charge in [0.05, 0.1) is 0 Å². The fraction of sp³-hybridized carbons (Fsp3) is 0.333. The van der Waals surface area contributed by atoms with Crippen molar-refractivity contribution in [2.24, 2.45) is 11.8 Å². The number of halogens is 1. The Morgan fingerprint density at radius 3 is 2.79 bits per heavy atom. The second kappa shape index (κ2) is 7.40. The molecule has 1 amide bonds. The molecule has 1 fully saturated rings. The van der Waals surface area contributed by atoms with Gasteiger partial charge >= 0.3 is 0 Å². The lowest BCUT2D eigenvalue weighted by Crippen LogP contribution is -2.49. The van der Waals surface area contributed by atoms with Gasteiger partial charge in [0.2, 0.25) is 11.8 Å². The molecule has 1 saturated heterocycles. The minimum absolute atomic E-state index is 0.00280. The van der Waals surface area contributed by atoms with Crippen LogP contribution in [0.2, 0.25) is 0 Å². The molecule has 1 aliphatic heterocycles. The quantitative estimate of drug-likeness (QED) is 0.855. The van der Waals surface area contributed by atoms with Gasteiger partial charge < -0.3 is 15.4 Å². The van der Waals surface area contributed by atoms with Gasteiger partial charge in [-0.2, -0.15) is 0 Å². The van der Waals surface area contributed by atoms with Crippen molar-refractivity contribution in [3.63, 3.8) is 0 Å². The first-order valence-electron chi connectivity index (χ1n) is 7.98. The molecular weight excluding hydrogens is 309 g/mol. The molecule has 2 aromatic rings. The Balaban J connectivity index is 1.56. The number of carbonyl (C=O) groups excluding carboxylic acids is 1. The molecule has 1 unspecified atom stereocenters. The van der Waals surface area contributed by atoms with Crippen LogP contribution in [0.5, 0.6) is 11.6 Å². The number of ether oxygens (including phenoxy) is 1. The van der Waals surface area contributed by atoms with Crippen LogP contribution < -0.4 is 15.4 Å². The minimum atomic E-state index is -0.317. The van der Waals surface area contributed by atoms with Crippen molar-refractivity contribution in [2.45, 2.75) is 13.5 Å². The molecule has 1 aliphatic rings. The van der Waals surface area contributed by atoms with E-state index in [-0.39, 0.29) is 17.6 Å². The first-order valence-corrected chi connectivity index (χ1v) is 7.98. The van der Waals surface area contributed by atoms with Crippen LogP contribution in [0.4, 0.5) is 4.39 Å². The largest absolute Gasteiger partial charge is 0.439 e. The zero-order valence-electron chi connectivity index (χ0n) is 13.5. The molecule has 0 radical (unpaired) electrons. The average molecular weight is 329 g/mol. The average Bonchev–Trinajstić information content (AvgIpc) is 2.53. The highest BCUT2D eigenvalue weighted by Crippen LogP contribution is 2.20. The summed E-state index contributed by atoms with van der Waals surface area (Å²) in [5, 5.41) is 6.12. The molecular formula is C18H20FN3O2. The van der Waals surface area contributed by atoms with Gasteiger partial charge in [-0.05, 0) is 54.9 Å². The molecule has 2 N–H and O–H groups in total. The molecule has 126 valence electrons. The maximum Gasteiger partial charge on any atom is 0.223 e. The fourth-order valence-electron chi connectivity index (χ4n) is 2.47. The van der Waals surface area contributed by atoms with Crippen molar-refractivity contribution in [3.05, 3.63) is 54.0 Å². The highest BCUT2D eigenvalue weighted by molar-refractivity contribution is 5.78. The van der Waals surface area contributed by atoms with E-state index >= 15 is 0 Å². The molecule has 1 atom stereocenters. The third-order valence-corrected chi connectivity index (χ3v) is 4.24. The second-order valence-electron chi connectivity index (χ2n) is 5.98. The number of aromatic nitrogens is 1. The van der Waals surface area contributed by atoms with E-state index < -0.39 is 0 Å². The molecule has 1 aromatic heterocycles. The van der Waals surface area contributed by atoms with Gasteiger partial charge in [0, 0.05) is 24.7 Å². The maximum absolute atomic E-state index is 12.9. The van der Waals surface area contributed by atoms with Crippen molar-refractivity contribution in [2.75, 3.05) is 13.1 Å². The predicted molar refractivity (Wildman–Crippen MR) is 88.1 cm³/mol. The lowest BCUT2D eigenvalue weighted by molar-refractivity contribution is -0.126. The minimum Gasteiger partial charge on any atom is -0.439 e. The van der Waals surface area contributed by atoms with E-state index in [9.17, 15) is 9.18 Å². The zero-order valence-corrected chi connectivity index (χ0v) is 13.5. The number of benzene rings is 1. The van der Waals surface area contributed by atoms with E-state index in [1.807, 2.05) is 13.0 Å². The third kappa shape index (κ3) is 4.08. The van der Waals surface area contributed by atoms with Gasteiger partial charge in [0.15, 0.2) is 0 Å². The molecule has 5 nitrogen and oxygen atoms in total. The van der Waals surface area contributed by atoms with Crippen LogP contribution in [0.3, 0.4) is 0 Å². The molecule has 3 rings (SSSR count). The van der Waals surface area contributed by atoms with Crippen LogP contribution in [0.15, 0.2) is 42.6 Å². The van der Waals surface area contributed by atoms with E-state index in [0.29, 0.717) is 24.1 Å². The van der Waals surface area contributed by atoms with Gasteiger partial charge in [-0.3, -0.25) is 4.79 Å². The van der Waals surface area contributed by atoms with Gasteiger partial charge in [-0.1, -0.05) is 6.92 Å². The van der Waals surface area contributed by atoms with E-state index in [0.717, 1.165) is 18.7 Å². The van der Waals surface area contributed by atoms with Crippen LogP contribution in [-0.4, -0.2) is 24.0 Å². The predicted octanol–water partition coefficient (Wildman–Crippen LogP) is 2.48. The number of nitrogens with zero attached hydrogens (tertiary/aromatic N) is 1. The first-order chi connectivity index (χ1) is 11.6. The van der Waals surface area contributed by atoms with Gasteiger partial charge in [0.25, 0.3) is 0 Å². The summed E-state index contributed by atoms with van der Waals surface area (Å²) in [5.41, 5.74) is 0.898. The molecule has 2 heterocycles. The summed E-state index contributed by atoms with van der Waals surface area (Å²) in [6, 6.07) is 9.33. The third-order valence-electron chi connectivity index (χ3n) is 4.24. The number of carbonyl (C=O) groups is 1. The smallest absolute Gasteiger partial charge is 0.223 e. The SMILES string of the molecule is CC(C(=O)NCc1ccnc(Oc2ccc(F)cc2)c1)C1CNC1. The van der Waals surface area contributed by atoms with Crippen molar-refractivity contribution in [1.29, 1.82) is 0 Å². The van der Waals surface area contributed by atoms with Crippen LogP contribution in [0.25, 0.3) is 0 Å². The second-order valence-corrected chi connectivity index (χ2v) is 5.98. The number of amides is 1. The Hall–Kier alpha value is -2.47. The van der Waals surface area contributed by atoms with Crippen LogP contribution in [-0.2, 0) is 11.3 Å². The van der Waals surface area contributed by atoms with E-state index in [4.69, 9.17) is 4.74 Å². The van der Waals surface area contributed by atoms with Crippen molar-refractivity contribution in [1.82, 2.24) is 15.6 Å². The molecule has 0 aliphatic carbocycles. The van der Waals surface area contributed by atoms with E-state index in [1.54, 1.807) is 24.4 Å². The van der Waals surface area contributed by atoms with Crippen LogP contribution in [0.1, 0.15) is 12.5 Å². The Morgan fingerprint density at radius 2 is 2.12 bits per heavy atom. The van der Waals surface area contributed by atoms with Gasteiger partial charge in [0.1, 0.15) is 11.6 Å². The number of hydrogen-bond acceptors (Lipinski definition) is 4. The zero-order chi connectivity index (χ0) is 16.9. The highest BCUT2D eigenvalue weighted by atomic mass is 19.1. The normalized spacial score (nSPS) is 15.4. The van der Waals surface area contributed by atoms with Gasteiger partial charge in [-0.15, -0.1) is 0 Å². The topological polar surface area (TPSA) is 63.2 Å². The summed E-state index contributed by atoms with van der Waals surface area (Å²) >= 11 is 0. The van der Waals surface area contributed by atoms with E-state index in [2.05, 4.69) is 15.6 Å². The first kappa shape index (κ1) is 16.4. The molecule has 0 saturated carbocycles. The Morgan fingerprint density at radius 1 is 1.38 bits per heavy atom. The summed E-state index contributed by atoms with van der Waals surface area (Å²) in [7, 11) is 0. The standard InChI is InChI=1S/C18H20FN3O2/c1-12(14-10-20-11-14)18(23)22-9-13-6-7-21-17(8-13)24-16-4-2-15(19)3-5-16/h2-8,12,14,20H,9-11H2,1H3,(H,22,23). The number of nitrogens with one attached hydrogen (secondary N) is 2. The Labute approximate surface area is 140 Å². The van der Waals surface area contributed by atoms with Crippen molar-refractivity contribution >= 4 is 5.91 Å².